The highest BCUT2D eigenvalue weighted by atomic mass is 16.7. The van der Waals surface area contributed by atoms with Gasteiger partial charge in [-0.15, -0.1) is 0 Å². The molecule has 0 rings (SSSR count). The number of hydrogen-bond donors (Lipinski definition) is 1. The molecule has 0 aromatic rings. The van der Waals surface area contributed by atoms with E-state index in [0.717, 1.165) is 109 Å². The lowest BCUT2D eigenvalue weighted by molar-refractivity contribution is -0.870. The largest absolute Gasteiger partial charge is 0.477 e. The molecule has 0 fully saturated rings. The zero-order chi connectivity index (χ0) is 74.6. The monoisotopic (exact) mass is 1440 g/mol. The van der Waals surface area contributed by atoms with Crippen LogP contribution in [0.4, 0.5) is 0 Å². The minimum absolute atomic E-state index is 0.181. The third kappa shape index (κ3) is 84.6. The summed E-state index contributed by atoms with van der Waals surface area (Å²) in [5.41, 5.74) is 0. The number of carboxylic acids is 1. The number of quaternary nitrogens is 1. The van der Waals surface area contributed by atoms with E-state index in [-0.39, 0.29) is 38.2 Å². The third-order valence-corrected chi connectivity index (χ3v) is 18.9. The molecule has 0 aliphatic carbocycles. The molecule has 0 spiro atoms. The van der Waals surface area contributed by atoms with Crippen molar-refractivity contribution in [1.82, 2.24) is 0 Å². The number of allylic oxidation sites excluding steroid dienone is 22. The molecule has 0 amide bonds. The van der Waals surface area contributed by atoms with Crippen molar-refractivity contribution < 1.29 is 42.9 Å². The molecule has 0 radical (unpaired) electrons. The van der Waals surface area contributed by atoms with Crippen LogP contribution in [0.1, 0.15) is 386 Å². The van der Waals surface area contributed by atoms with Crippen LogP contribution in [0.2, 0.25) is 0 Å². The molecular weight excluding hydrogens is 1270 g/mol. The van der Waals surface area contributed by atoms with E-state index >= 15 is 0 Å². The first-order valence-corrected chi connectivity index (χ1v) is 43.3. The Bertz CT molecular complexity index is 2170. The number of hydrogen-bond acceptors (Lipinski definition) is 7. The van der Waals surface area contributed by atoms with Crippen molar-refractivity contribution in [3.8, 4) is 0 Å². The van der Waals surface area contributed by atoms with Crippen LogP contribution in [-0.4, -0.2) is 87.4 Å². The molecule has 592 valence electrons. The Kier molecular flexibility index (Phi) is 79.4. The van der Waals surface area contributed by atoms with Crippen LogP contribution < -0.4 is 0 Å². The molecule has 9 heteroatoms. The van der Waals surface area contributed by atoms with Gasteiger partial charge in [-0.05, 0) is 109 Å². The molecule has 1 N–H and O–H groups in total. The quantitative estimate of drug-likeness (QED) is 0.0211. The van der Waals surface area contributed by atoms with Crippen LogP contribution in [0.25, 0.3) is 0 Å². The topological polar surface area (TPSA) is 108 Å². The van der Waals surface area contributed by atoms with E-state index in [9.17, 15) is 19.5 Å². The van der Waals surface area contributed by atoms with Crippen molar-refractivity contribution in [2.75, 3.05) is 47.5 Å². The number of carbonyl (C=O) groups is 3. The Labute approximate surface area is 637 Å². The summed E-state index contributed by atoms with van der Waals surface area (Å²) >= 11 is 0. The van der Waals surface area contributed by atoms with Gasteiger partial charge in [0.2, 0.25) is 0 Å². The number of likely N-dealkylation sites (N-methyl/N-ethyl adjacent to an activating group) is 1. The lowest BCUT2D eigenvalue weighted by Crippen LogP contribution is -2.40. The average molecular weight is 1440 g/mol. The molecule has 2 unspecified atom stereocenters. The fourth-order valence-corrected chi connectivity index (χ4v) is 12.4. The van der Waals surface area contributed by atoms with Crippen molar-refractivity contribution in [1.29, 1.82) is 0 Å². The van der Waals surface area contributed by atoms with Gasteiger partial charge in [0, 0.05) is 12.8 Å². The maximum atomic E-state index is 13.0. The molecule has 0 aliphatic rings. The molecule has 0 saturated carbocycles. The van der Waals surface area contributed by atoms with Gasteiger partial charge in [0.05, 0.1) is 34.4 Å². The van der Waals surface area contributed by atoms with Gasteiger partial charge >= 0.3 is 17.9 Å². The van der Waals surface area contributed by atoms with E-state index in [1.54, 1.807) is 0 Å². The smallest absolute Gasteiger partial charge is 0.361 e. The van der Waals surface area contributed by atoms with E-state index in [1.165, 1.54) is 250 Å². The van der Waals surface area contributed by atoms with E-state index in [2.05, 4.69) is 148 Å². The molecule has 0 bridgehead atoms. The predicted octanol–water partition coefficient (Wildman–Crippen LogP) is 28.4. The SMILES string of the molecule is CC/C=C\C/C=C\C/C=C\C/C=C\C/C=C\C/C=C\C/C=C\CCCCCCCCCCCCCCCCCCCC(=O)OC(COC(=O)CCCCCCCCCCCCCCCCCCCCCCCCCCCC/C=C\C/C=C\C/C=C\C/C=C\CC)COC(OCC[N+](C)(C)C)C(=O)O. The first-order chi connectivity index (χ1) is 50.6. The Balaban J connectivity index is 3.96. The number of unbranched alkanes of at least 4 members (excludes halogenated alkanes) is 43. The van der Waals surface area contributed by atoms with Gasteiger partial charge in [-0.2, -0.15) is 0 Å². The second kappa shape index (κ2) is 83.1. The summed E-state index contributed by atoms with van der Waals surface area (Å²) in [6.45, 7) is 4.70. The van der Waals surface area contributed by atoms with Gasteiger partial charge in [0.25, 0.3) is 6.29 Å². The Morgan fingerprint density at radius 3 is 0.777 bits per heavy atom. The molecule has 0 aliphatic heterocycles. The number of nitrogens with zero attached hydrogens (tertiary/aromatic N) is 1. The number of ether oxygens (including phenoxy) is 4. The molecule has 0 saturated heterocycles. The van der Waals surface area contributed by atoms with Gasteiger partial charge in [0.15, 0.2) is 6.10 Å². The van der Waals surface area contributed by atoms with Crippen LogP contribution in [0.15, 0.2) is 134 Å². The summed E-state index contributed by atoms with van der Waals surface area (Å²) in [7, 11) is 5.99. The number of aliphatic carboxylic acids is 1. The van der Waals surface area contributed by atoms with Gasteiger partial charge in [-0.3, -0.25) is 9.59 Å². The van der Waals surface area contributed by atoms with Gasteiger partial charge < -0.3 is 28.5 Å². The highest BCUT2D eigenvalue weighted by Gasteiger charge is 2.25. The summed E-state index contributed by atoms with van der Waals surface area (Å²) in [5, 5.41) is 9.79. The maximum Gasteiger partial charge on any atom is 0.361 e. The van der Waals surface area contributed by atoms with Crippen molar-refractivity contribution in [2.24, 2.45) is 0 Å². The fourth-order valence-electron chi connectivity index (χ4n) is 12.4. The van der Waals surface area contributed by atoms with Crippen molar-refractivity contribution in [3.05, 3.63) is 134 Å². The van der Waals surface area contributed by atoms with Crippen LogP contribution in [0.5, 0.6) is 0 Å². The van der Waals surface area contributed by atoms with E-state index in [4.69, 9.17) is 18.9 Å². The average Bonchev–Trinajstić information content (AvgIpc) is 0.985. The van der Waals surface area contributed by atoms with Crippen LogP contribution >= 0.6 is 0 Å². The number of rotatable bonds is 80. The second-order valence-electron chi connectivity index (χ2n) is 30.1. The molecule has 2 atom stereocenters. The minimum Gasteiger partial charge on any atom is -0.477 e. The standard InChI is InChI=1S/C94H163NO8/c1-6-8-10-12-14-16-18-20-22-24-26-28-30-32-34-36-38-40-42-44-46-48-50-52-54-56-58-60-62-64-66-68-70-72-74-76-78-80-82-84-91(96)101-88-90(89-102-94(93(98)99)100-87-86-95(3,4)5)103-92(97)85-83-81-79-77-75-73-71-69-67-65-63-61-59-57-55-53-51-49-47-45-43-41-39-37-35-33-31-29-27-25-23-21-19-17-15-13-11-9-7-2/h8-11,14-17,20-23,26-29,33,35,39,41,45,47,90,94H,6-7,12-13,18-19,24-25,30-32,34,36-38,40,42-44,46,48-89H2,1-5H3/p+1/b10-8-,11-9-,16-14-,17-15-,22-20-,23-21-,28-26-,29-27-,35-33-,41-39-,47-45-. The maximum absolute atomic E-state index is 13.0. The van der Waals surface area contributed by atoms with Crippen LogP contribution in [0.3, 0.4) is 0 Å². The summed E-state index contributed by atoms with van der Waals surface area (Å²) < 4.78 is 23.1. The van der Waals surface area contributed by atoms with Crippen molar-refractivity contribution >= 4 is 17.9 Å². The third-order valence-electron chi connectivity index (χ3n) is 18.9. The predicted molar refractivity (Wildman–Crippen MR) is 447 cm³/mol. The van der Waals surface area contributed by atoms with Crippen molar-refractivity contribution in [3.63, 3.8) is 0 Å². The molecular formula is C94H164NO8+. The first-order valence-electron chi connectivity index (χ1n) is 43.3. The second-order valence-corrected chi connectivity index (χ2v) is 30.1. The zero-order valence-corrected chi connectivity index (χ0v) is 67.9. The molecule has 0 aromatic heterocycles. The summed E-state index contributed by atoms with van der Waals surface area (Å²) in [4.78, 5) is 37.8. The number of esters is 2. The van der Waals surface area contributed by atoms with Gasteiger partial charge in [-0.1, -0.05) is 398 Å². The summed E-state index contributed by atoms with van der Waals surface area (Å²) in [6, 6.07) is 0. The molecule has 0 aromatic carbocycles. The summed E-state index contributed by atoms with van der Waals surface area (Å²) in [5.74, 6) is -1.98. The van der Waals surface area contributed by atoms with Crippen LogP contribution in [-0.2, 0) is 33.3 Å². The van der Waals surface area contributed by atoms with Gasteiger partial charge in [0.1, 0.15) is 13.2 Å². The molecule has 0 heterocycles. The van der Waals surface area contributed by atoms with Crippen molar-refractivity contribution in [2.45, 2.75) is 399 Å². The van der Waals surface area contributed by atoms with Gasteiger partial charge in [-0.25, -0.2) is 4.79 Å². The fraction of sp³-hybridized carbons (Fsp3) is 0.734. The lowest BCUT2D eigenvalue weighted by Gasteiger charge is -2.25. The number of carbonyl (C=O) groups excluding carboxylic acids is 2. The first kappa shape index (κ1) is 98.4. The highest BCUT2D eigenvalue weighted by Crippen LogP contribution is 2.20. The Morgan fingerprint density at radius 2 is 0.524 bits per heavy atom. The molecule has 103 heavy (non-hydrogen) atoms. The van der Waals surface area contributed by atoms with E-state index in [0.29, 0.717) is 17.4 Å². The van der Waals surface area contributed by atoms with E-state index < -0.39 is 18.4 Å². The molecule has 9 nitrogen and oxygen atoms in total. The number of carboxylic acid groups (broad SMARTS) is 1. The highest BCUT2D eigenvalue weighted by molar-refractivity contribution is 5.71. The Hall–Kier alpha value is -4.57. The lowest BCUT2D eigenvalue weighted by atomic mass is 10.0. The summed E-state index contributed by atoms with van der Waals surface area (Å²) in [6.07, 6.45) is 118. The zero-order valence-electron chi connectivity index (χ0n) is 67.9. The Morgan fingerprint density at radius 1 is 0.291 bits per heavy atom. The minimum atomic E-state index is -1.51. The van der Waals surface area contributed by atoms with Crippen LogP contribution in [0, 0.1) is 0 Å². The normalized spacial score (nSPS) is 13.3. The van der Waals surface area contributed by atoms with E-state index in [1.807, 2.05) is 21.1 Å².